The Morgan fingerprint density at radius 1 is 1.26 bits per heavy atom. The van der Waals surface area contributed by atoms with E-state index < -0.39 is 0 Å². The molecule has 3 nitrogen and oxygen atoms in total. The first-order valence-electron chi connectivity index (χ1n) is 6.30. The Morgan fingerprint density at radius 2 is 2.00 bits per heavy atom. The Balaban J connectivity index is 2.28. The van der Waals surface area contributed by atoms with Crippen molar-refractivity contribution in [2.75, 3.05) is 25.1 Å². The summed E-state index contributed by atoms with van der Waals surface area (Å²) in [5.41, 5.74) is 0.779. The minimum absolute atomic E-state index is 0.147. The number of aliphatic hydroxyl groups is 1. The smallest absolute Gasteiger partial charge is 0.129 e. The van der Waals surface area contributed by atoms with Crippen molar-refractivity contribution in [2.45, 2.75) is 13.8 Å². The first-order chi connectivity index (χ1) is 8.91. The zero-order chi connectivity index (χ0) is 14.0. The molecule has 0 fully saturated rings. The highest BCUT2D eigenvalue weighted by Crippen LogP contribution is 2.23. The third-order valence-corrected chi connectivity index (χ3v) is 3.36. The fourth-order valence-corrected chi connectivity index (χ4v) is 2.25. The highest BCUT2D eigenvalue weighted by molar-refractivity contribution is 6.31. The van der Waals surface area contributed by atoms with Gasteiger partial charge in [0.25, 0.3) is 0 Å². The molecule has 2 rings (SSSR count). The standard InChI is InChI=1S/C15H19ClN2O/c1-15(2,10-19)9-18(3)14-7-4-11-8-12(16)5-6-13(11)17-14/h4-8,19H,9-10H2,1-3H3. The molecule has 0 spiro atoms. The lowest BCUT2D eigenvalue weighted by molar-refractivity contribution is 0.165. The summed E-state index contributed by atoms with van der Waals surface area (Å²) < 4.78 is 0. The van der Waals surface area contributed by atoms with E-state index in [-0.39, 0.29) is 12.0 Å². The monoisotopic (exact) mass is 278 g/mol. The maximum atomic E-state index is 9.33. The van der Waals surface area contributed by atoms with Crippen LogP contribution in [0.2, 0.25) is 5.02 Å². The zero-order valence-corrected chi connectivity index (χ0v) is 12.3. The number of anilines is 1. The molecule has 0 aliphatic heterocycles. The number of hydrogen-bond donors (Lipinski definition) is 1. The molecule has 0 radical (unpaired) electrons. The number of halogens is 1. The van der Waals surface area contributed by atoms with E-state index in [4.69, 9.17) is 11.6 Å². The molecule has 19 heavy (non-hydrogen) atoms. The minimum atomic E-state index is -0.147. The highest BCUT2D eigenvalue weighted by Gasteiger charge is 2.19. The number of benzene rings is 1. The molecular weight excluding hydrogens is 260 g/mol. The molecule has 4 heteroatoms. The van der Waals surface area contributed by atoms with Crippen molar-refractivity contribution >= 4 is 28.3 Å². The van der Waals surface area contributed by atoms with Gasteiger partial charge in [-0.25, -0.2) is 4.98 Å². The Bertz CT molecular complexity index is 583. The molecule has 0 aliphatic carbocycles. The highest BCUT2D eigenvalue weighted by atomic mass is 35.5. The summed E-state index contributed by atoms with van der Waals surface area (Å²) in [6.45, 7) is 4.96. The van der Waals surface area contributed by atoms with Crippen LogP contribution in [0.1, 0.15) is 13.8 Å². The third kappa shape index (κ3) is 3.37. The van der Waals surface area contributed by atoms with Gasteiger partial charge in [-0.05, 0) is 30.3 Å². The van der Waals surface area contributed by atoms with Crippen LogP contribution in [0.4, 0.5) is 5.82 Å². The Kier molecular flexibility index (Phi) is 3.97. The van der Waals surface area contributed by atoms with E-state index in [0.29, 0.717) is 0 Å². The first kappa shape index (κ1) is 14.1. The maximum Gasteiger partial charge on any atom is 0.129 e. The lowest BCUT2D eigenvalue weighted by Crippen LogP contribution is -2.34. The number of aromatic nitrogens is 1. The van der Waals surface area contributed by atoms with E-state index >= 15 is 0 Å². The maximum absolute atomic E-state index is 9.33. The summed E-state index contributed by atoms with van der Waals surface area (Å²) in [5, 5.41) is 11.1. The minimum Gasteiger partial charge on any atom is -0.396 e. The normalized spacial score (nSPS) is 11.8. The molecule has 102 valence electrons. The SMILES string of the molecule is CN(CC(C)(C)CO)c1ccc2cc(Cl)ccc2n1. The molecule has 0 amide bonds. The third-order valence-electron chi connectivity index (χ3n) is 3.12. The second-order valence-corrected chi connectivity index (χ2v) is 6.12. The predicted octanol–water partition coefficient (Wildman–Crippen LogP) is 3.34. The molecule has 0 aliphatic rings. The van der Waals surface area contributed by atoms with Crippen molar-refractivity contribution in [3.8, 4) is 0 Å². The Labute approximate surface area is 118 Å². The molecule has 1 aromatic carbocycles. The largest absolute Gasteiger partial charge is 0.396 e. The number of hydrogen-bond acceptors (Lipinski definition) is 3. The van der Waals surface area contributed by atoms with Gasteiger partial charge in [0.15, 0.2) is 0 Å². The lowest BCUT2D eigenvalue weighted by atomic mass is 9.94. The zero-order valence-electron chi connectivity index (χ0n) is 11.5. The first-order valence-corrected chi connectivity index (χ1v) is 6.67. The summed E-state index contributed by atoms with van der Waals surface area (Å²) in [7, 11) is 1.99. The summed E-state index contributed by atoms with van der Waals surface area (Å²) in [6, 6.07) is 9.67. The second-order valence-electron chi connectivity index (χ2n) is 5.68. The summed E-state index contributed by atoms with van der Waals surface area (Å²) in [4.78, 5) is 6.68. The number of fused-ring (bicyclic) bond motifs is 1. The molecular formula is C15H19ClN2O. The number of rotatable bonds is 4. The van der Waals surface area contributed by atoms with Gasteiger partial charge >= 0.3 is 0 Å². The van der Waals surface area contributed by atoms with E-state index in [1.54, 1.807) is 0 Å². The average Bonchev–Trinajstić information content (AvgIpc) is 2.37. The van der Waals surface area contributed by atoms with Crippen molar-refractivity contribution < 1.29 is 5.11 Å². The van der Waals surface area contributed by atoms with Gasteiger partial charge < -0.3 is 10.0 Å². The fourth-order valence-electron chi connectivity index (χ4n) is 2.07. The van der Waals surface area contributed by atoms with Crippen LogP contribution in [0.3, 0.4) is 0 Å². The predicted molar refractivity (Wildman–Crippen MR) is 80.9 cm³/mol. The summed E-state index contributed by atoms with van der Waals surface area (Å²) >= 11 is 5.96. The number of aliphatic hydroxyl groups excluding tert-OH is 1. The number of pyridine rings is 1. The van der Waals surface area contributed by atoms with Crippen LogP contribution >= 0.6 is 11.6 Å². The van der Waals surface area contributed by atoms with Crippen molar-refractivity contribution in [3.05, 3.63) is 35.4 Å². The molecule has 0 atom stereocenters. The molecule has 0 unspecified atom stereocenters. The van der Waals surface area contributed by atoms with Crippen molar-refractivity contribution in [3.63, 3.8) is 0 Å². The lowest BCUT2D eigenvalue weighted by Gasteiger charge is -2.29. The van der Waals surface area contributed by atoms with Crippen molar-refractivity contribution in [1.82, 2.24) is 4.98 Å². The Morgan fingerprint density at radius 3 is 2.68 bits per heavy atom. The summed E-state index contributed by atoms with van der Waals surface area (Å²) in [5.74, 6) is 0.899. The van der Waals surface area contributed by atoms with Gasteiger partial charge in [0, 0.05) is 36.0 Å². The fraction of sp³-hybridized carbons (Fsp3) is 0.400. The quantitative estimate of drug-likeness (QED) is 0.932. The van der Waals surface area contributed by atoms with E-state index in [0.717, 1.165) is 28.3 Å². The molecule has 1 heterocycles. The molecule has 0 saturated heterocycles. The molecule has 0 saturated carbocycles. The van der Waals surface area contributed by atoms with Gasteiger partial charge in [0.05, 0.1) is 5.52 Å². The van der Waals surface area contributed by atoms with Crippen LogP contribution in [0.25, 0.3) is 10.9 Å². The average molecular weight is 279 g/mol. The van der Waals surface area contributed by atoms with Gasteiger partial charge in [-0.3, -0.25) is 0 Å². The van der Waals surface area contributed by atoms with Crippen LogP contribution in [-0.2, 0) is 0 Å². The topological polar surface area (TPSA) is 36.4 Å². The van der Waals surface area contributed by atoms with Crippen LogP contribution in [0.5, 0.6) is 0 Å². The van der Waals surface area contributed by atoms with Crippen LogP contribution < -0.4 is 4.90 Å². The Hall–Kier alpha value is -1.32. The van der Waals surface area contributed by atoms with E-state index in [1.807, 2.05) is 51.2 Å². The van der Waals surface area contributed by atoms with E-state index in [1.165, 1.54) is 0 Å². The molecule has 1 aromatic heterocycles. The van der Waals surface area contributed by atoms with Crippen molar-refractivity contribution in [2.24, 2.45) is 5.41 Å². The molecule has 1 N–H and O–H groups in total. The van der Waals surface area contributed by atoms with E-state index in [9.17, 15) is 5.11 Å². The van der Waals surface area contributed by atoms with Gasteiger partial charge in [0.2, 0.25) is 0 Å². The number of nitrogens with zero attached hydrogens (tertiary/aromatic N) is 2. The van der Waals surface area contributed by atoms with Crippen LogP contribution in [-0.4, -0.2) is 30.3 Å². The second kappa shape index (κ2) is 5.35. The van der Waals surface area contributed by atoms with Crippen LogP contribution in [0, 0.1) is 5.41 Å². The van der Waals surface area contributed by atoms with Crippen molar-refractivity contribution in [1.29, 1.82) is 0 Å². The molecule has 0 bridgehead atoms. The van der Waals surface area contributed by atoms with Gasteiger partial charge in [-0.2, -0.15) is 0 Å². The van der Waals surface area contributed by atoms with Crippen LogP contribution in [0.15, 0.2) is 30.3 Å². The molecule has 2 aromatic rings. The van der Waals surface area contributed by atoms with Gasteiger partial charge in [0.1, 0.15) is 5.82 Å². The summed E-state index contributed by atoms with van der Waals surface area (Å²) in [6.07, 6.45) is 0. The van der Waals surface area contributed by atoms with E-state index in [2.05, 4.69) is 9.88 Å². The van der Waals surface area contributed by atoms with Gasteiger partial charge in [-0.15, -0.1) is 0 Å². The van der Waals surface area contributed by atoms with Gasteiger partial charge in [-0.1, -0.05) is 25.4 Å².